The number of nitrogens with zero attached hydrogens (tertiary/aromatic N) is 2. The average Bonchev–Trinajstić information content (AvgIpc) is 2.80. The van der Waals surface area contributed by atoms with Crippen LogP contribution in [0.15, 0.2) is 53.1 Å². The van der Waals surface area contributed by atoms with Crippen LogP contribution in [0.5, 0.6) is 0 Å². The first-order valence-electron chi connectivity index (χ1n) is 10.4. The summed E-state index contributed by atoms with van der Waals surface area (Å²) in [6.45, 7) is 1.63. The number of hydrogen-bond acceptors (Lipinski definition) is 6. The van der Waals surface area contributed by atoms with Gasteiger partial charge in [-0.05, 0) is 49.7 Å². The van der Waals surface area contributed by atoms with Crippen LogP contribution in [0.3, 0.4) is 0 Å². The van der Waals surface area contributed by atoms with Crippen molar-refractivity contribution in [2.75, 3.05) is 24.1 Å². The summed E-state index contributed by atoms with van der Waals surface area (Å²) in [6.07, 6.45) is 3.32. The molecule has 1 aliphatic heterocycles. The number of aromatic nitrogens is 2. The van der Waals surface area contributed by atoms with E-state index in [1.807, 2.05) is 0 Å². The summed E-state index contributed by atoms with van der Waals surface area (Å²) in [5, 5.41) is 8.86. The highest BCUT2D eigenvalue weighted by Gasteiger charge is 2.20. The Morgan fingerprint density at radius 2 is 2.03 bits per heavy atom. The topological polar surface area (TPSA) is 122 Å². The van der Waals surface area contributed by atoms with Crippen molar-refractivity contribution in [1.29, 1.82) is 0 Å². The molecule has 10 heteroatoms. The van der Waals surface area contributed by atoms with E-state index in [0.717, 1.165) is 19.4 Å². The molecule has 170 valence electrons. The van der Waals surface area contributed by atoms with Gasteiger partial charge in [0.15, 0.2) is 11.5 Å². The lowest BCUT2D eigenvalue weighted by molar-refractivity contribution is 0.0925. The van der Waals surface area contributed by atoms with Crippen LogP contribution in [-0.4, -0.2) is 40.9 Å². The summed E-state index contributed by atoms with van der Waals surface area (Å²) in [6, 6.07) is 11.1. The molecule has 1 aliphatic rings. The monoisotopic (exact) mass is 512 g/mol. The van der Waals surface area contributed by atoms with E-state index in [2.05, 4.69) is 41.8 Å². The number of carbonyl (C=O) groups excluding carboxylic acids is 2. The highest BCUT2D eigenvalue weighted by Crippen LogP contribution is 2.23. The fourth-order valence-corrected chi connectivity index (χ4v) is 3.89. The first kappa shape index (κ1) is 22.8. The molecule has 3 aromatic rings. The summed E-state index contributed by atoms with van der Waals surface area (Å²) < 4.78 is 14.7. The average molecular weight is 513 g/mol. The largest absolute Gasteiger partial charge is 0.382 e. The third-order valence-corrected chi connectivity index (χ3v) is 5.73. The van der Waals surface area contributed by atoms with Gasteiger partial charge in [-0.2, -0.15) is 0 Å². The maximum atomic E-state index is 14.1. The lowest BCUT2D eigenvalue weighted by atomic mass is 10.1. The molecule has 1 fully saturated rings. The van der Waals surface area contributed by atoms with Crippen molar-refractivity contribution in [3.63, 3.8) is 0 Å². The number of nitrogens with two attached hydrogens (primary N) is 1. The van der Waals surface area contributed by atoms with Crippen molar-refractivity contribution < 1.29 is 14.0 Å². The molecule has 0 bridgehead atoms. The summed E-state index contributed by atoms with van der Waals surface area (Å²) >= 11 is 3.17. The summed E-state index contributed by atoms with van der Waals surface area (Å²) in [4.78, 5) is 33.8. The molecule has 0 saturated carbocycles. The van der Waals surface area contributed by atoms with Gasteiger partial charge in [-0.3, -0.25) is 9.59 Å². The van der Waals surface area contributed by atoms with E-state index in [0.29, 0.717) is 28.0 Å². The molecule has 2 aromatic carbocycles. The minimum atomic E-state index is -0.633. The molecule has 0 aliphatic carbocycles. The van der Waals surface area contributed by atoms with Crippen LogP contribution >= 0.6 is 15.9 Å². The van der Waals surface area contributed by atoms with Crippen molar-refractivity contribution in [3.8, 4) is 11.3 Å². The van der Waals surface area contributed by atoms with Crippen LogP contribution in [0, 0.1) is 5.82 Å². The van der Waals surface area contributed by atoms with Gasteiger partial charge < -0.3 is 21.7 Å². The van der Waals surface area contributed by atoms with Gasteiger partial charge in [0.2, 0.25) is 0 Å². The second-order valence-corrected chi connectivity index (χ2v) is 8.58. The Bertz CT molecular complexity index is 1200. The van der Waals surface area contributed by atoms with E-state index >= 15 is 0 Å². The molecule has 1 saturated heterocycles. The Labute approximate surface area is 198 Å². The number of rotatable bonds is 5. The van der Waals surface area contributed by atoms with Crippen LogP contribution in [0.4, 0.5) is 15.9 Å². The number of anilines is 2. The standard InChI is InChI=1S/C23H22BrFN6O2/c24-14-6-7-17(18(25)10-14)22(32)29-15-4-1-3-13(9-15)19-12-28-21(26)20(31-19)23(33)30-16-5-2-8-27-11-16/h1,3-4,6-7,9-10,12,16,27H,2,5,8,11H2,(H2,26,28)(H,29,32)(H,30,33)/t16-/m0/s1. The minimum absolute atomic E-state index is 0.00801. The minimum Gasteiger partial charge on any atom is -0.382 e. The Balaban J connectivity index is 1.53. The molecule has 0 radical (unpaired) electrons. The van der Waals surface area contributed by atoms with E-state index in [-0.39, 0.29) is 29.0 Å². The fourth-order valence-electron chi connectivity index (χ4n) is 3.56. The first-order valence-corrected chi connectivity index (χ1v) is 11.2. The van der Waals surface area contributed by atoms with Gasteiger partial charge in [0, 0.05) is 28.3 Å². The van der Waals surface area contributed by atoms with Gasteiger partial charge in [-0.1, -0.05) is 28.1 Å². The molecule has 5 N–H and O–H groups in total. The van der Waals surface area contributed by atoms with E-state index in [4.69, 9.17) is 5.73 Å². The molecule has 33 heavy (non-hydrogen) atoms. The number of halogens is 2. The predicted molar refractivity (Wildman–Crippen MR) is 127 cm³/mol. The predicted octanol–water partition coefficient (Wildman–Crippen LogP) is 3.36. The van der Waals surface area contributed by atoms with E-state index < -0.39 is 11.7 Å². The molecular weight excluding hydrogens is 491 g/mol. The van der Waals surface area contributed by atoms with E-state index in [1.54, 1.807) is 30.3 Å². The number of amides is 2. The van der Waals surface area contributed by atoms with Crippen molar-refractivity contribution in [1.82, 2.24) is 20.6 Å². The lowest BCUT2D eigenvalue weighted by Gasteiger charge is -2.23. The molecule has 2 heterocycles. The number of benzene rings is 2. The summed E-state index contributed by atoms with van der Waals surface area (Å²) in [7, 11) is 0. The van der Waals surface area contributed by atoms with Crippen LogP contribution in [-0.2, 0) is 0 Å². The first-order chi connectivity index (χ1) is 15.9. The number of carbonyl (C=O) groups is 2. The Morgan fingerprint density at radius 3 is 2.79 bits per heavy atom. The van der Waals surface area contributed by atoms with Gasteiger partial charge in [0.25, 0.3) is 11.8 Å². The molecule has 0 unspecified atom stereocenters. The zero-order chi connectivity index (χ0) is 23.4. The molecular formula is C23H22BrFN6O2. The van der Waals surface area contributed by atoms with Gasteiger partial charge in [0.1, 0.15) is 5.82 Å². The normalized spacial score (nSPS) is 15.6. The van der Waals surface area contributed by atoms with Gasteiger partial charge in [-0.25, -0.2) is 14.4 Å². The van der Waals surface area contributed by atoms with Crippen molar-refractivity contribution in [2.45, 2.75) is 18.9 Å². The SMILES string of the molecule is Nc1ncc(-c2cccc(NC(=O)c3ccc(Br)cc3F)c2)nc1C(=O)N[C@H]1CCCNC1. The van der Waals surface area contributed by atoms with Crippen molar-refractivity contribution >= 4 is 39.2 Å². The second kappa shape index (κ2) is 10.1. The summed E-state index contributed by atoms with van der Waals surface area (Å²) in [5.41, 5.74) is 7.36. The van der Waals surface area contributed by atoms with Crippen LogP contribution in [0.25, 0.3) is 11.3 Å². The van der Waals surface area contributed by atoms with Crippen LogP contribution in [0.2, 0.25) is 0 Å². The quantitative estimate of drug-likeness (QED) is 0.415. The second-order valence-electron chi connectivity index (χ2n) is 7.66. The van der Waals surface area contributed by atoms with Gasteiger partial charge >= 0.3 is 0 Å². The fraction of sp³-hybridized carbons (Fsp3) is 0.217. The Morgan fingerprint density at radius 1 is 1.18 bits per heavy atom. The van der Waals surface area contributed by atoms with Crippen molar-refractivity contribution in [2.24, 2.45) is 0 Å². The molecule has 4 rings (SSSR count). The Kier molecular flexibility index (Phi) is 6.95. The zero-order valence-corrected chi connectivity index (χ0v) is 19.2. The van der Waals surface area contributed by atoms with Gasteiger partial charge in [-0.15, -0.1) is 0 Å². The summed E-state index contributed by atoms with van der Waals surface area (Å²) in [5.74, 6) is -1.56. The molecule has 1 atom stereocenters. The highest BCUT2D eigenvalue weighted by molar-refractivity contribution is 9.10. The number of nitrogen functional groups attached to an aromatic ring is 1. The van der Waals surface area contributed by atoms with E-state index in [9.17, 15) is 14.0 Å². The zero-order valence-electron chi connectivity index (χ0n) is 17.6. The maximum Gasteiger partial charge on any atom is 0.274 e. The smallest absolute Gasteiger partial charge is 0.274 e. The number of hydrogen-bond donors (Lipinski definition) is 4. The van der Waals surface area contributed by atoms with Crippen molar-refractivity contribution in [3.05, 3.63) is 70.2 Å². The van der Waals surface area contributed by atoms with E-state index in [1.165, 1.54) is 18.3 Å². The van der Waals surface area contributed by atoms with Crippen LogP contribution in [0.1, 0.15) is 33.7 Å². The maximum absolute atomic E-state index is 14.1. The molecule has 2 amide bonds. The molecule has 1 aromatic heterocycles. The molecule has 8 nitrogen and oxygen atoms in total. The molecule has 0 spiro atoms. The Hall–Kier alpha value is -3.37. The third kappa shape index (κ3) is 5.52. The number of piperidine rings is 1. The highest BCUT2D eigenvalue weighted by atomic mass is 79.9. The third-order valence-electron chi connectivity index (χ3n) is 5.24. The van der Waals surface area contributed by atoms with Crippen LogP contribution < -0.4 is 21.7 Å². The number of nitrogens with one attached hydrogen (secondary N) is 3. The lowest BCUT2D eigenvalue weighted by Crippen LogP contribution is -2.46. The van der Waals surface area contributed by atoms with Gasteiger partial charge in [0.05, 0.1) is 17.5 Å².